The lowest BCUT2D eigenvalue weighted by Crippen LogP contribution is -1.97. The largest absolute Gasteiger partial charge is 0.506 e. The smallest absolute Gasteiger partial charge is 0.160 e. The minimum atomic E-state index is -0.141. The molecule has 1 N–H and O–H groups in total. The van der Waals surface area contributed by atoms with Crippen molar-refractivity contribution in [1.29, 1.82) is 0 Å². The van der Waals surface area contributed by atoms with E-state index in [2.05, 4.69) is 0 Å². The van der Waals surface area contributed by atoms with Gasteiger partial charge in [0.25, 0.3) is 0 Å². The Morgan fingerprint density at radius 1 is 1.57 bits per heavy atom. The summed E-state index contributed by atoms with van der Waals surface area (Å²) in [6.07, 6.45) is 0. The highest BCUT2D eigenvalue weighted by atomic mass is 35.5. The van der Waals surface area contributed by atoms with E-state index < -0.39 is 0 Å². The summed E-state index contributed by atoms with van der Waals surface area (Å²) in [5.74, 6) is 0.0557. The molecule has 0 bridgehead atoms. The summed E-state index contributed by atoms with van der Waals surface area (Å²) in [6, 6.07) is 2.85. The maximum absolute atomic E-state index is 11.1. The predicted octanol–water partition coefficient (Wildman–Crippen LogP) is 2.65. The summed E-state index contributed by atoms with van der Waals surface area (Å²) in [4.78, 5) is 11.1. The molecule has 76 valence electrons. The lowest BCUT2D eigenvalue weighted by Gasteiger charge is -2.08. The number of phenolic OH excluding ortho intramolecular Hbond substituents is 1. The van der Waals surface area contributed by atoms with Crippen LogP contribution < -0.4 is 4.74 Å². The predicted molar refractivity (Wildman–Crippen MR) is 54.3 cm³/mol. The van der Waals surface area contributed by atoms with Gasteiger partial charge in [-0.15, -0.1) is 0 Å². The minimum absolute atomic E-state index is 0.136. The van der Waals surface area contributed by atoms with E-state index in [0.717, 1.165) is 0 Å². The number of aromatic hydroxyl groups is 1. The van der Waals surface area contributed by atoms with Gasteiger partial charge in [-0.05, 0) is 26.0 Å². The zero-order valence-corrected chi connectivity index (χ0v) is 8.76. The normalized spacial score (nSPS) is 9.93. The van der Waals surface area contributed by atoms with Crippen LogP contribution in [0.5, 0.6) is 11.5 Å². The number of hydrogen-bond acceptors (Lipinski definition) is 3. The van der Waals surface area contributed by atoms with E-state index >= 15 is 0 Å². The number of carbonyl (C=O) groups excluding carboxylic acids is 1. The van der Waals surface area contributed by atoms with E-state index in [-0.39, 0.29) is 16.6 Å². The molecule has 0 amide bonds. The molecule has 0 aliphatic heterocycles. The number of Topliss-reactive ketones (excluding diaryl/α,β-unsaturated/α-hetero) is 1. The first-order chi connectivity index (χ1) is 6.56. The molecule has 0 saturated carbocycles. The van der Waals surface area contributed by atoms with Gasteiger partial charge >= 0.3 is 0 Å². The summed E-state index contributed by atoms with van der Waals surface area (Å²) in [5, 5.41) is 9.53. The van der Waals surface area contributed by atoms with E-state index in [1.165, 1.54) is 19.1 Å². The molecule has 1 aromatic carbocycles. The third-order valence-electron chi connectivity index (χ3n) is 1.73. The molecule has 0 fully saturated rings. The highest BCUT2D eigenvalue weighted by molar-refractivity contribution is 6.33. The van der Waals surface area contributed by atoms with Gasteiger partial charge in [0.2, 0.25) is 0 Å². The molecule has 0 heterocycles. The van der Waals surface area contributed by atoms with Crippen LogP contribution in [0.15, 0.2) is 12.1 Å². The number of halogens is 1. The fraction of sp³-hybridized carbons (Fsp3) is 0.300. The van der Waals surface area contributed by atoms with Gasteiger partial charge in [-0.25, -0.2) is 0 Å². The Morgan fingerprint density at radius 2 is 2.21 bits per heavy atom. The molecule has 0 unspecified atom stereocenters. The van der Waals surface area contributed by atoms with Gasteiger partial charge in [-0.1, -0.05) is 11.6 Å². The highest BCUT2D eigenvalue weighted by Gasteiger charge is 2.11. The molecule has 0 atom stereocenters. The quantitative estimate of drug-likeness (QED) is 0.787. The second kappa shape index (κ2) is 4.33. The van der Waals surface area contributed by atoms with Crippen LogP contribution >= 0.6 is 11.6 Å². The third-order valence-corrected chi connectivity index (χ3v) is 2.11. The monoisotopic (exact) mass is 214 g/mol. The number of ketones is 1. The Hall–Kier alpha value is -1.22. The summed E-state index contributed by atoms with van der Waals surface area (Å²) >= 11 is 5.76. The first kappa shape index (κ1) is 10.9. The standard InChI is InChI=1S/C10H11ClO3/c1-3-14-9-5-7(6(2)12)4-8(13)10(9)11/h4-5,13H,3H2,1-2H3. The fourth-order valence-electron chi connectivity index (χ4n) is 1.05. The second-order valence-corrected chi connectivity index (χ2v) is 3.17. The second-order valence-electron chi connectivity index (χ2n) is 2.80. The van der Waals surface area contributed by atoms with Crippen molar-refractivity contribution in [1.82, 2.24) is 0 Å². The van der Waals surface area contributed by atoms with Gasteiger partial charge in [0, 0.05) is 5.56 Å². The molecular formula is C10H11ClO3. The van der Waals surface area contributed by atoms with Gasteiger partial charge in [0.05, 0.1) is 6.61 Å². The van der Waals surface area contributed by atoms with Crippen LogP contribution in [0.3, 0.4) is 0 Å². The van der Waals surface area contributed by atoms with Crippen LogP contribution in [-0.2, 0) is 0 Å². The Balaban J connectivity index is 3.20. The maximum atomic E-state index is 11.1. The first-order valence-electron chi connectivity index (χ1n) is 4.22. The van der Waals surface area contributed by atoms with E-state index in [9.17, 15) is 9.90 Å². The van der Waals surface area contributed by atoms with Gasteiger partial charge < -0.3 is 9.84 Å². The molecule has 0 aromatic heterocycles. The number of rotatable bonds is 3. The Labute approximate surface area is 87.3 Å². The zero-order valence-electron chi connectivity index (χ0n) is 8.00. The summed E-state index contributed by atoms with van der Waals surface area (Å²) < 4.78 is 5.16. The van der Waals surface area contributed by atoms with Crippen LogP contribution in [0.1, 0.15) is 24.2 Å². The van der Waals surface area contributed by atoms with Crippen molar-refractivity contribution in [2.75, 3.05) is 6.61 Å². The molecule has 0 saturated heterocycles. The van der Waals surface area contributed by atoms with E-state index in [1.807, 2.05) is 0 Å². The van der Waals surface area contributed by atoms with E-state index in [4.69, 9.17) is 16.3 Å². The Bertz CT molecular complexity index is 361. The molecule has 0 aliphatic rings. The van der Waals surface area contributed by atoms with Crippen LogP contribution in [0, 0.1) is 0 Å². The molecule has 1 rings (SSSR count). The maximum Gasteiger partial charge on any atom is 0.160 e. The van der Waals surface area contributed by atoms with Crippen molar-refractivity contribution in [2.24, 2.45) is 0 Å². The molecular weight excluding hydrogens is 204 g/mol. The first-order valence-corrected chi connectivity index (χ1v) is 4.60. The average Bonchev–Trinajstić information content (AvgIpc) is 2.12. The van der Waals surface area contributed by atoms with Gasteiger partial charge in [0.15, 0.2) is 5.78 Å². The minimum Gasteiger partial charge on any atom is -0.506 e. The molecule has 3 nitrogen and oxygen atoms in total. The number of phenols is 1. The van der Waals surface area contributed by atoms with Gasteiger partial charge in [-0.3, -0.25) is 4.79 Å². The summed E-state index contributed by atoms with van der Waals surface area (Å²) in [7, 11) is 0. The third kappa shape index (κ3) is 2.17. The van der Waals surface area contributed by atoms with Crippen molar-refractivity contribution in [3.05, 3.63) is 22.7 Å². The number of hydrogen-bond donors (Lipinski definition) is 1. The summed E-state index contributed by atoms with van der Waals surface area (Å²) in [5.41, 5.74) is 0.385. The molecule has 14 heavy (non-hydrogen) atoms. The lowest BCUT2D eigenvalue weighted by molar-refractivity contribution is 0.101. The van der Waals surface area contributed by atoms with Crippen molar-refractivity contribution in [3.63, 3.8) is 0 Å². The number of benzene rings is 1. The molecule has 4 heteroatoms. The Kier molecular flexibility index (Phi) is 3.36. The van der Waals surface area contributed by atoms with Gasteiger partial charge in [-0.2, -0.15) is 0 Å². The molecule has 0 spiro atoms. The molecule has 0 radical (unpaired) electrons. The van der Waals surface area contributed by atoms with Crippen LogP contribution in [0.4, 0.5) is 0 Å². The Morgan fingerprint density at radius 3 is 2.71 bits per heavy atom. The highest BCUT2D eigenvalue weighted by Crippen LogP contribution is 2.34. The lowest BCUT2D eigenvalue weighted by atomic mass is 10.1. The van der Waals surface area contributed by atoms with E-state index in [1.54, 1.807) is 6.92 Å². The van der Waals surface area contributed by atoms with Crippen LogP contribution in [0.25, 0.3) is 0 Å². The fourth-order valence-corrected chi connectivity index (χ4v) is 1.21. The summed E-state index contributed by atoms with van der Waals surface area (Å²) in [6.45, 7) is 3.65. The van der Waals surface area contributed by atoms with Crippen molar-refractivity contribution < 1.29 is 14.6 Å². The zero-order chi connectivity index (χ0) is 10.7. The molecule has 0 aliphatic carbocycles. The number of ether oxygens (including phenoxy) is 1. The molecule has 1 aromatic rings. The van der Waals surface area contributed by atoms with Crippen LogP contribution in [0.2, 0.25) is 5.02 Å². The number of carbonyl (C=O) groups is 1. The SMILES string of the molecule is CCOc1cc(C(C)=O)cc(O)c1Cl. The van der Waals surface area contributed by atoms with Crippen molar-refractivity contribution in [3.8, 4) is 11.5 Å². The van der Waals surface area contributed by atoms with Crippen LogP contribution in [-0.4, -0.2) is 17.5 Å². The van der Waals surface area contributed by atoms with E-state index in [0.29, 0.717) is 17.9 Å². The van der Waals surface area contributed by atoms with Crippen molar-refractivity contribution in [2.45, 2.75) is 13.8 Å². The van der Waals surface area contributed by atoms with Crippen molar-refractivity contribution >= 4 is 17.4 Å². The average molecular weight is 215 g/mol. The van der Waals surface area contributed by atoms with Gasteiger partial charge in [0.1, 0.15) is 16.5 Å². The topological polar surface area (TPSA) is 46.5 Å².